The van der Waals surface area contributed by atoms with Crippen molar-refractivity contribution in [1.82, 2.24) is 9.88 Å². The van der Waals surface area contributed by atoms with Crippen LogP contribution in [-0.4, -0.2) is 35.0 Å². The summed E-state index contributed by atoms with van der Waals surface area (Å²) < 4.78 is 11.8. The molecule has 1 saturated heterocycles. The quantitative estimate of drug-likeness (QED) is 0.692. The number of amides is 1. The highest BCUT2D eigenvalue weighted by Crippen LogP contribution is 2.45. The third-order valence-electron chi connectivity index (χ3n) is 5.24. The van der Waals surface area contributed by atoms with Gasteiger partial charge in [-0.15, -0.1) is 0 Å². The molecule has 2 aromatic carbocycles. The molecule has 0 bridgehead atoms. The molecule has 0 N–H and O–H groups in total. The Balaban J connectivity index is 1.34. The van der Waals surface area contributed by atoms with Crippen LogP contribution in [-0.2, 0) is 4.79 Å². The first-order valence-electron chi connectivity index (χ1n) is 9.40. The Morgan fingerprint density at radius 2 is 1.72 bits per heavy atom. The number of fused-ring (bicyclic) bond motifs is 2. The van der Waals surface area contributed by atoms with Gasteiger partial charge in [-0.2, -0.15) is 5.26 Å². The molecule has 0 unspecified atom stereocenters. The summed E-state index contributed by atoms with van der Waals surface area (Å²) in [5.74, 6) is 1.48. The lowest BCUT2D eigenvalue weighted by Crippen LogP contribution is -2.57. The van der Waals surface area contributed by atoms with Crippen molar-refractivity contribution in [3.05, 3.63) is 83.6 Å². The number of para-hydroxylation sites is 2. The van der Waals surface area contributed by atoms with Crippen LogP contribution in [0.3, 0.4) is 0 Å². The molecular formula is C23H17N3O3. The van der Waals surface area contributed by atoms with Crippen LogP contribution in [0.1, 0.15) is 22.6 Å². The Morgan fingerprint density at radius 1 is 1.07 bits per heavy atom. The second kappa shape index (κ2) is 6.95. The number of hydrogen-bond donors (Lipinski definition) is 0. The van der Waals surface area contributed by atoms with Gasteiger partial charge in [0.1, 0.15) is 17.6 Å². The van der Waals surface area contributed by atoms with E-state index in [1.54, 1.807) is 23.2 Å². The minimum atomic E-state index is -0.392. The summed E-state index contributed by atoms with van der Waals surface area (Å²) in [7, 11) is 0. The summed E-state index contributed by atoms with van der Waals surface area (Å²) in [6.45, 7) is 0.970. The molecule has 1 fully saturated rings. The van der Waals surface area contributed by atoms with Crippen molar-refractivity contribution in [1.29, 1.82) is 5.26 Å². The number of aromatic nitrogens is 1. The first-order chi connectivity index (χ1) is 14.2. The highest BCUT2D eigenvalue weighted by atomic mass is 16.5. The standard InChI is InChI=1S/C23H17N3O3/c24-12-15-9-10-25-21(11-15)28-16-13-26(14-16)23(27)22-17-5-1-3-7-19(17)29-20-8-4-2-6-18(20)22/h1-11,16,22H,13-14H2. The van der Waals surface area contributed by atoms with Crippen molar-refractivity contribution >= 4 is 5.91 Å². The number of benzene rings is 2. The molecule has 0 atom stereocenters. The number of hydrogen-bond acceptors (Lipinski definition) is 5. The Labute approximate surface area is 167 Å². The normalized spacial score (nSPS) is 15.3. The molecule has 2 aliphatic rings. The third kappa shape index (κ3) is 3.07. The minimum Gasteiger partial charge on any atom is -0.471 e. The number of ether oxygens (including phenoxy) is 2. The maximum absolute atomic E-state index is 13.4. The highest BCUT2D eigenvalue weighted by Gasteiger charge is 2.40. The third-order valence-corrected chi connectivity index (χ3v) is 5.24. The van der Waals surface area contributed by atoms with Crippen molar-refractivity contribution in [3.8, 4) is 23.4 Å². The van der Waals surface area contributed by atoms with Crippen molar-refractivity contribution in [2.24, 2.45) is 0 Å². The van der Waals surface area contributed by atoms with E-state index in [1.807, 2.05) is 48.5 Å². The Bertz CT molecular complexity index is 1090. The predicted molar refractivity (Wildman–Crippen MR) is 105 cm³/mol. The van der Waals surface area contributed by atoms with Gasteiger partial charge in [0, 0.05) is 23.4 Å². The molecule has 3 aromatic rings. The van der Waals surface area contributed by atoms with Gasteiger partial charge in [0.25, 0.3) is 0 Å². The van der Waals surface area contributed by atoms with E-state index in [0.29, 0.717) is 24.5 Å². The number of carbonyl (C=O) groups excluding carboxylic acids is 1. The molecule has 2 aliphatic heterocycles. The lowest BCUT2D eigenvalue weighted by Gasteiger charge is -2.41. The second-order valence-electron chi connectivity index (χ2n) is 7.09. The van der Waals surface area contributed by atoms with E-state index in [0.717, 1.165) is 22.6 Å². The fourth-order valence-electron chi connectivity index (χ4n) is 3.77. The number of pyridine rings is 1. The Morgan fingerprint density at radius 3 is 2.38 bits per heavy atom. The number of likely N-dealkylation sites (tertiary alicyclic amines) is 1. The SMILES string of the molecule is N#Cc1ccnc(OC2CN(C(=O)C3c4ccccc4Oc4ccccc43)C2)c1. The van der Waals surface area contributed by atoms with Crippen LogP contribution in [0.5, 0.6) is 17.4 Å². The fraction of sp³-hybridized carbons (Fsp3) is 0.174. The van der Waals surface area contributed by atoms with Crippen molar-refractivity contribution < 1.29 is 14.3 Å². The molecule has 0 saturated carbocycles. The molecule has 29 heavy (non-hydrogen) atoms. The number of rotatable bonds is 3. The van der Waals surface area contributed by atoms with Gasteiger partial charge in [0.05, 0.1) is 30.6 Å². The number of nitrogens with zero attached hydrogens (tertiary/aromatic N) is 3. The molecule has 5 rings (SSSR count). The van der Waals surface area contributed by atoms with E-state index in [2.05, 4.69) is 11.1 Å². The summed E-state index contributed by atoms with van der Waals surface area (Å²) in [6, 6.07) is 20.6. The minimum absolute atomic E-state index is 0.0341. The van der Waals surface area contributed by atoms with E-state index >= 15 is 0 Å². The Hall–Kier alpha value is -3.85. The largest absolute Gasteiger partial charge is 0.471 e. The van der Waals surface area contributed by atoms with Crippen LogP contribution in [0.2, 0.25) is 0 Å². The maximum Gasteiger partial charge on any atom is 0.235 e. The maximum atomic E-state index is 13.4. The average molecular weight is 383 g/mol. The molecule has 0 radical (unpaired) electrons. The van der Waals surface area contributed by atoms with E-state index in [-0.39, 0.29) is 12.0 Å². The van der Waals surface area contributed by atoms with Crippen molar-refractivity contribution in [2.75, 3.05) is 13.1 Å². The van der Waals surface area contributed by atoms with E-state index in [9.17, 15) is 4.79 Å². The van der Waals surface area contributed by atoms with Crippen LogP contribution in [0.15, 0.2) is 66.9 Å². The van der Waals surface area contributed by atoms with Gasteiger partial charge in [0.2, 0.25) is 11.8 Å². The summed E-state index contributed by atoms with van der Waals surface area (Å²) in [6.07, 6.45) is 1.41. The zero-order valence-electron chi connectivity index (χ0n) is 15.5. The zero-order valence-corrected chi connectivity index (χ0v) is 15.5. The van der Waals surface area contributed by atoms with Gasteiger partial charge >= 0.3 is 0 Å². The molecule has 0 spiro atoms. The van der Waals surface area contributed by atoms with Gasteiger partial charge < -0.3 is 14.4 Å². The molecule has 6 nitrogen and oxygen atoms in total. The molecule has 1 amide bonds. The van der Waals surface area contributed by atoms with Gasteiger partial charge in [0.15, 0.2) is 0 Å². The average Bonchev–Trinajstić information content (AvgIpc) is 2.74. The molecule has 3 heterocycles. The number of carbonyl (C=O) groups is 1. The molecule has 0 aliphatic carbocycles. The van der Waals surface area contributed by atoms with Crippen molar-refractivity contribution in [3.63, 3.8) is 0 Å². The zero-order chi connectivity index (χ0) is 19.8. The van der Waals surface area contributed by atoms with Gasteiger partial charge in [-0.1, -0.05) is 36.4 Å². The molecule has 6 heteroatoms. The topological polar surface area (TPSA) is 75.5 Å². The molecule has 142 valence electrons. The summed E-state index contributed by atoms with van der Waals surface area (Å²) in [5.41, 5.74) is 2.26. The van der Waals surface area contributed by atoms with Crippen LogP contribution in [0.25, 0.3) is 0 Å². The number of nitriles is 1. The smallest absolute Gasteiger partial charge is 0.235 e. The Kier molecular flexibility index (Phi) is 4.14. The van der Waals surface area contributed by atoms with E-state index in [4.69, 9.17) is 14.7 Å². The van der Waals surface area contributed by atoms with Crippen LogP contribution >= 0.6 is 0 Å². The summed E-state index contributed by atoms with van der Waals surface area (Å²) >= 11 is 0. The lowest BCUT2D eigenvalue weighted by atomic mass is 9.86. The second-order valence-corrected chi connectivity index (χ2v) is 7.09. The van der Waals surface area contributed by atoms with E-state index < -0.39 is 5.92 Å². The van der Waals surface area contributed by atoms with E-state index in [1.165, 1.54) is 0 Å². The van der Waals surface area contributed by atoms with Gasteiger partial charge in [-0.3, -0.25) is 4.79 Å². The summed E-state index contributed by atoms with van der Waals surface area (Å²) in [5, 5.41) is 8.99. The first kappa shape index (κ1) is 17.3. The van der Waals surface area contributed by atoms with Gasteiger partial charge in [-0.05, 0) is 18.2 Å². The molecule has 1 aromatic heterocycles. The van der Waals surface area contributed by atoms with Crippen molar-refractivity contribution in [2.45, 2.75) is 12.0 Å². The monoisotopic (exact) mass is 383 g/mol. The van der Waals surface area contributed by atoms with Crippen LogP contribution < -0.4 is 9.47 Å². The fourth-order valence-corrected chi connectivity index (χ4v) is 3.77. The highest BCUT2D eigenvalue weighted by molar-refractivity contribution is 5.90. The predicted octanol–water partition coefficient (Wildman–Crippen LogP) is 3.48. The lowest BCUT2D eigenvalue weighted by molar-refractivity contribution is -0.141. The summed E-state index contributed by atoms with van der Waals surface area (Å²) in [4.78, 5) is 19.3. The van der Waals surface area contributed by atoms with Gasteiger partial charge in [-0.25, -0.2) is 4.98 Å². The first-order valence-corrected chi connectivity index (χ1v) is 9.40. The van der Waals surface area contributed by atoms with Crippen LogP contribution in [0, 0.1) is 11.3 Å². The van der Waals surface area contributed by atoms with Crippen LogP contribution in [0.4, 0.5) is 0 Å². The molecular weight excluding hydrogens is 366 g/mol.